The van der Waals surface area contributed by atoms with Gasteiger partial charge >= 0.3 is 0 Å². The first-order valence-corrected chi connectivity index (χ1v) is 9.55. The number of nitrogens with one attached hydrogen (secondary N) is 2. The Labute approximate surface area is 173 Å². The molecule has 1 heterocycles. The van der Waals surface area contributed by atoms with Crippen molar-refractivity contribution in [1.29, 1.82) is 10.7 Å². The molecule has 0 amide bonds. The predicted octanol–water partition coefficient (Wildman–Crippen LogP) is 2.16. The molecule has 1 aliphatic heterocycles. The molecule has 1 aromatic carbocycles. The van der Waals surface area contributed by atoms with E-state index in [0.717, 1.165) is 6.21 Å². The molecule has 1 aromatic rings. The highest BCUT2D eigenvalue weighted by molar-refractivity contribution is 6.33. The summed E-state index contributed by atoms with van der Waals surface area (Å²) in [6, 6.07) is 8.67. The number of nitriles is 1. The second-order valence-electron chi connectivity index (χ2n) is 8.54. The first kappa shape index (κ1) is 19.5. The van der Waals surface area contributed by atoms with Crippen molar-refractivity contribution in [2.24, 2.45) is 11.1 Å². The standard InChI is InChI=1S/C23H20N4O3/c1-23(2)7-14-17(15(28)8-23)16(12-5-3-11(9-24)4-6-12)18-20(27-14)22(30)19(26)13(10-25)21(18)29/h3-6,10,16,25,27H,7-8,26H2,1-2H3. The minimum absolute atomic E-state index is 0.0710. The summed E-state index contributed by atoms with van der Waals surface area (Å²) in [5.74, 6) is -1.94. The zero-order valence-electron chi connectivity index (χ0n) is 16.6. The molecule has 4 rings (SSSR count). The molecule has 1 atom stereocenters. The summed E-state index contributed by atoms with van der Waals surface area (Å²) in [7, 11) is 0. The van der Waals surface area contributed by atoms with Gasteiger partial charge in [0.1, 0.15) is 0 Å². The van der Waals surface area contributed by atoms with E-state index < -0.39 is 17.5 Å². The van der Waals surface area contributed by atoms with Gasteiger partial charge < -0.3 is 16.5 Å². The minimum atomic E-state index is -0.757. The molecule has 150 valence electrons. The summed E-state index contributed by atoms with van der Waals surface area (Å²) in [6.07, 6.45) is 1.64. The van der Waals surface area contributed by atoms with Crippen LogP contribution in [0.1, 0.15) is 43.7 Å². The molecule has 2 aliphatic carbocycles. The van der Waals surface area contributed by atoms with Gasteiger partial charge in [0.2, 0.25) is 5.78 Å². The highest BCUT2D eigenvalue weighted by Gasteiger charge is 2.47. The molecule has 1 unspecified atom stereocenters. The highest BCUT2D eigenvalue weighted by Crippen LogP contribution is 2.48. The SMILES string of the molecule is CC1(C)CC(=O)C2=C(C1)NC1=C(C(=O)C(C=N)=C(N)C1=O)C2c1ccc(C#N)cc1. The summed E-state index contributed by atoms with van der Waals surface area (Å²) in [5.41, 5.74) is 7.49. The Kier molecular flexibility index (Phi) is 4.31. The smallest absolute Gasteiger partial charge is 0.226 e. The number of carbonyl (C=O) groups is 3. The molecular weight excluding hydrogens is 380 g/mol. The van der Waals surface area contributed by atoms with E-state index in [1.54, 1.807) is 24.3 Å². The minimum Gasteiger partial charge on any atom is -0.395 e. The van der Waals surface area contributed by atoms with Crippen LogP contribution in [0.25, 0.3) is 0 Å². The fourth-order valence-corrected chi connectivity index (χ4v) is 4.46. The van der Waals surface area contributed by atoms with Gasteiger partial charge in [0.05, 0.1) is 28.6 Å². The normalized spacial score (nSPS) is 23.0. The Morgan fingerprint density at radius 1 is 1.13 bits per heavy atom. The van der Waals surface area contributed by atoms with Crippen molar-refractivity contribution >= 4 is 23.6 Å². The average molecular weight is 400 g/mol. The number of carbonyl (C=O) groups excluding carboxylic acids is 3. The lowest BCUT2D eigenvalue weighted by Gasteiger charge is -2.40. The lowest BCUT2D eigenvalue weighted by Crippen LogP contribution is -2.44. The molecule has 0 spiro atoms. The maximum atomic E-state index is 13.2. The van der Waals surface area contributed by atoms with Gasteiger partial charge in [0.25, 0.3) is 0 Å². The quantitative estimate of drug-likeness (QED) is 0.514. The molecule has 4 N–H and O–H groups in total. The van der Waals surface area contributed by atoms with Crippen LogP contribution in [0.2, 0.25) is 0 Å². The third-order valence-corrected chi connectivity index (χ3v) is 5.81. The molecule has 7 heteroatoms. The molecule has 30 heavy (non-hydrogen) atoms. The maximum absolute atomic E-state index is 13.2. The van der Waals surface area contributed by atoms with Gasteiger partial charge in [-0.15, -0.1) is 0 Å². The number of Topliss-reactive ketones (excluding diaryl/α,β-unsaturated/α-hetero) is 3. The maximum Gasteiger partial charge on any atom is 0.226 e. The topological polar surface area (TPSA) is 137 Å². The van der Waals surface area contributed by atoms with Crippen LogP contribution in [0.5, 0.6) is 0 Å². The number of ketones is 3. The summed E-state index contributed by atoms with van der Waals surface area (Å²) in [5, 5.41) is 19.7. The summed E-state index contributed by atoms with van der Waals surface area (Å²) >= 11 is 0. The third-order valence-electron chi connectivity index (χ3n) is 5.81. The highest BCUT2D eigenvalue weighted by atomic mass is 16.1. The second-order valence-corrected chi connectivity index (χ2v) is 8.54. The van der Waals surface area contributed by atoms with Crippen LogP contribution in [0.3, 0.4) is 0 Å². The van der Waals surface area contributed by atoms with Crippen LogP contribution >= 0.6 is 0 Å². The molecule has 3 aliphatic rings. The number of dihydropyridines is 1. The van der Waals surface area contributed by atoms with Gasteiger partial charge in [-0.1, -0.05) is 26.0 Å². The van der Waals surface area contributed by atoms with E-state index in [4.69, 9.17) is 16.4 Å². The zero-order chi connectivity index (χ0) is 21.8. The van der Waals surface area contributed by atoms with E-state index in [2.05, 4.69) is 5.32 Å². The Morgan fingerprint density at radius 2 is 1.80 bits per heavy atom. The number of benzene rings is 1. The fraction of sp³-hybridized carbons (Fsp3) is 0.261. The van der Waals surface area contributed by atoms with Gasteiger partial charge in [0.15, 0.2) is 11.6 Å². The van der Waals surface area contributed by atoms with Crippen LogP contribution in [0.4, 0.5) is 0 Å². The van der Waals surface area contributed by atoms with E-state index in [9.17, 15) is 14.4 Å². The van der Waals surface area contributed by atoms with Crippen molar-refractivity contribution in [3.05, 3.63) is 69.2 Å². The van der Waals surface area contributed by atoms with Crippen LogP contribution in [0, 0.1) is 22.2 Å². The van der Waals surface area contributed by atoms with Gasteiger partial charge in [0, 0.05) is 35.4 Å². The van der Waals surface area contributed by atoms with Gasteiger partial charge in [-0.3, -0.25) is 14.4 Å². The van der Waals surface area contributed by atoms with Crippen LogP contribution in [-0.2, 0) is 14.4 Å². The van der Waals surface area contributed by atoms with E-state index in [1.165, 1.54) is 0 Å². The van der Waals surface area contributed by atoms with Gasteiger partial charge in [-0.05, 0) is 29.5 Å². The Bertz CT molecular complexity index is 1170. The monoisotopic (exact) mass is 400 g/mol. The largest absolute Gasteiger partial charge is 0.395 e. The summed E-state index contributed by atoms with van der Waals surface area (Å²) in [4.78, 5) is 39.4. The molecule has 0 saturated heterocycles. The number of rotatable bonds is 2. The third kappa shape index (κ3) is 2.80. The number of hydrogen-bond acceptors (Lipinski definition) is 7. The molecular formula is C23H20N4O3. The lowest BCUT2D eigenvalue weighted by molar-refractivity contribution is -0.119. The molecule has 7 nitrogen and oxygen atoms in total. The van der Waals surface area contributed by atoms with Crippen LogP contribution in [-0.4, -0.2) is 23.6 Å². The van der Waals surface area contributed by atoms with Gasteiger partial charge in [-0.25, -0.2) is 0 Å². The van der Waals surface area contributed by atoms with Crippen molar-refractivity contribution in [2.75, 3.05) is 0 Å². The average Bonchev–Trinajstić information content (AvgIpc) is 2.70. The van der Waals surface area contributed by atoms with Crippen molar-refractivity contribution in [3.8, 4) is 6.07 Å². The van der Waals surface area contributed by atoms with E-state index in [0.29, 0.717) is 35.2 Å². The summed E-state index contributed by atoms with van der Waals surface area (Å²) in [6.45, 7) is 3.96. The number of hydrogen-bond donors (Lipinski definition) is 3. The molecule has 0 bridgehead atoms. The van der Waals surface area contributed by atoms with Crippen LogP contribution in [0.15, 0.2) is 58.1 Å². The number of nitrogens with two attached hydrogens (primary N) is 1. The van der Waals surface area contributed by atoms with E-state index in [1.807, 2.05) is 19.9 Å². The Hall–Kier alpha value is -3.79. The van der Waals surface area contributed by atoms with Gasteiger partial charge in [-0.2, -0.15) is 5.26 Å². The van der Waals surface area contributed by atoms with Crippen LogP contribution < -0.4 is 11.1 Å². The second kappa shape index (κ2) is 6.63. The number of allylic oxidation sites excluding steroid dienone is 4. The Balaban J connectivity index is 1.97. The predicted molar refractivity (Wildman–Crippen MR) is 109 cm³/mol. The fourth-order valence-electron chi connectivity index (χ4n) is 4.46. The van der Waals surface area contributed by atoms with Crippen molar-refractivity contribution < 1.29 is 14.4 Å². The molecule has 0 aromatic heterocycles. The Morgan fingerprint density at radius 3 is 2.40 bits per heavy atom. The number of nitrogens with zero attached hydrogens (tertiary/aromatic N) is 1. The zero-order valence-corrected chi connectivity index (χ0v) is 16.6. The molecule has 0 radical (unpaired) electrons. The van der Waals surface area contributed by atoms with Crippen molar-refractivity contribution in [3.63, 3.8) is 0 Å². The first-order valence-electron chi connectivity index (χ1n) is 9.55. The van der Waals surface area contributed by atoms with Crippen molar-refractivity contribution in [2.45, 2.75) is 32.6 Å². The molecule has 0 saturated carbocycles. The summed E-state index contributed by atoms with van der Waals surface area (Å²) < 4.78 is 0. The van der Waals surface area contributed by atoms with E-state index >= 15 is 0 Å². The van der Waals surface area contributed by atoms with Crippen molar-refractivity contribution in [1.82, 2.24) is 5.32 Å². The first-order chi connectivity index (χ1) is 14.2. The van der Waals surface area contributed by atoms with E-state index in [-0.39, 0.29) is 33.7 Å². The lowest BCUT2D eigenvalue weighted by atomic mass is 9.66. The molecule has 0 fully saturated rings.